The molecule has 298 valence electrons. The van der Waals surface area contributed by atoms with Crippen molar-refractivity contribution in [2.75, 3.05) is 20.8 Å². The van der Waals surface area contributed by atoms with E-state index >= 15 is 0 Å². The number of nitrogens with one attached hydrogen (secondary N) is 5. The monoisotopic (exact) mass is 766 g/mol. The van der Waals surface area contributed by atoms with Crippen LogP contribution in [0.3, 0.4) is 0 Å². The molecule has 5 N–H and O–H groups in total. The summed E-state index contributed by atoms with van der Waals surface area (Å²) in [6.07, 6.45) is 8.15. The number of carbonyl (C=O) groups is 4. The maximum absolute atomic E-state index is 13.5. The molecule has 2 aromatic heterocycles. The second-order valence-corrected chi connectivity index (χ2v) is 15.5. The molecule has 4 amide bonds. The molecule has 0 spiro atoms. The van der Waals surface area contributed by atoms with E-state index < -0.39 is 24.3 Å². The van der Waals surface area contributed by atoms with Crippen LogP contribution >= 0.6 is 0 Å². The summed E-state index contributed by atoms with van der Waals surface area (Å²) in [5.41, 5.74) is 5.76. The van der Waals surface area contributed by atoms with Gasteiger partial charge in [-0.15, -0.1) is 0 Å². The highest BCUT2D eigenvalue weighted by Crippen LogP contribution is 2.36. The number of likely N-dealkylation sites (tertiary alicyclic amines) is 1. The van der Waals surface area contributed by atoms with E-state index in [0.29, 0.717) is 12.4 Å². The quantitative estimate of drug-likeness (QED) is 0.0973. The van der Waals surface area contributed by atoms with E-state index in [1.165, 1.54) is 14.2 Å². The van der Waals surface area contributed by atoms with Gasteiger partial charge in [0.1, 0.15) is 23.7 Å². The minimum Gasteiger partial charge on any atom is -0.453 e. The number of nitrogens with zero attached hydrogens (tertiary/aromatic N) is 3. The lowest BCUT2D eigenvalue weighted by atomic mass is 9.96. The highest BCUT2D eigenvalue weighted by molar-refractivity contribution is 5.87. The van der Waals surface area contributed by atoms with Crippen LogP contribution in [0.25, 0.3) is 33.6 Å². The third-order valence-corrected chi connectivity index (χ3v) is 11.0. The van der Waals surface area contributed by atoms with E-state index in [-0.39, 0.29) is 41.7 Å². The van der Waals surface area contributed by atoms with E-state index in [9.17, 15) is 19.2 Å². The molecule has 56 heavy (non-hydrogen) atoms. The van der Waals surface area contributed by atoms with E-state index in [1.807, 2.05) is 27.7 Å². The number of ether oxygens (including phenoxy) is 2. The first-order chi connectivity index (χ1) is 27.0. The van der Waals surface area contributed by atoms with Gasteiger partial charge in [-0.1, -0.05) is 89.1 Å². The zero-order valence-corrected chi connectivity index (χ0v) is 33.1. The Kier molecular flexibility index (Phi) is 12.8. The number of hydrogen-bond acceptors (Lipinski definition) is 8. The molecule has 6 rings (SSSR count). The van der Waals surface area contributed by atoms with Crippen molar-refractivity contribution in [2.24, 2.45) is 17.8 Å². The molecule has 1 saturated carbocycles. The molecular weight excluding hydrogens is 713 g/mol. The van der Waals surface area contributed by atoms with Gasteiger partial charge in [-0.05, 0) is 65.7 Å². The van der Waals surface area contributed by atoms with E-state index in [1.54, 1.807) is 17.3 Å². The largest absolute Gasteiger partial charge is 0.453 e. The van der Waals surface area contributed by atoms with E-state index in [2.05, 4.69) is 79.4 Å². The molecule has 0 bridgehead atoms. The number of alkyl carbamates (subject to hydrolysis) is 2. The van der Waals surface area contributed by atoms with Crippen LogP contribution in [0.5, 0.6) is 0 Å². The summed E-state index contributed by atoms with van der Waals surface area (Å²) in [7, 11) is 2.57. The van der Waals surface area contributed by atoms with Gasteiger partial charge >= 0.3 is 12.2 Å². The third-order valence-electron chi connectivity index (χ3n) is 11.0. The zero-order valence-electron chi connectivity index (χ0n) is 33.1. The average Bonchev–Trinajstić information content (AvgIpc) is 4.05. The molecule has 2 aliphatic rings. The molecule has 1 aliphatic carbocycles. The topological polar surface area (TPSA) is 183 Å². The van der Waals surface area contributed by atoms with Crippen LogP contribution in [0, 0.1) is 17.8 Å². The molecule has 4 atom stereocenters. The van der Waals surface area contributed by atoms with E-state index in [0.717, 1.165) is 78.0 Å². The van der Waals surface area contributed by atoms with Gasteiger partial charge in [0.15, 0.2) is 0 Å². The SMILES string of the molecule is COC(=O)N[C@H](C(=O)NC(c1ncc(-c2ccc(-c3ccc(-c4cnc(C5CCCN5C(=O)[C@@H](NC(=O)OC)C(C)C)[nH]4)cc3)cc2)[nH]1)C1CCCC1)C(C)C. The third kappa shape index (κ3) is 9.06. The lowest BCUT2D eigenvalue weighted by molar-refractivity contribution is -0.135. The van der Waals surface area contributed by atoms with Crippen molar-refractivity contribution in [1.82, 2.24) is 40.8 Å². The summed E-state index contributed by atoms with van der Waals surface area (Å²) >= 11 is 0. The second-order valence-electron chi connectivity index (χ2n) is 15.5. The highest BCUT2D eigenvalue weighted by atomic mass is 16.5. The minimum atomic E-state index is -0.735. The number of hydrogen-bond donors (Lipinski definition) is 5. The van der Waals surface area contributed by atoms with Crippen LogP contribution < -0.4 is 16.0 Å². The summed E-state index contributed by atoms with van der Waals surface area (Å²) in [6, 6.07) is 14.6. The summed E-state index contributed by atoms with van der Waals surface area (Å²) in [6.45, 7) is 8.17. The Morgan fingerprint density at radius 2 is 1.20 bits per heavy atom. The van der Waals surface area contributed by atoms with Crippen LogP contribution in [0.4, 0.5) is 9.59 Å². The van der Waals surface area contributed by atoms with Gasteiger partial charge < -0.3 is 40.3 Å². The maximum atomic E-state index is 13.5. The predicted molar refractivity (Wildman–Crippen MR) is 212 cm³/mol. The molecule has 14 heteroatoms. The van der Waals surface area contributed by atoms with Gasteiger partial charge in [0, 0.05) is 6.54 Å². The Balaban J connectivity index is 1.12. The lowest BCUT2D eigenvalue weighted by Crippen LogP contribution is -2.51. The van der Waals surface area contributed by atoms with Crippen molar-refractivity contribution in [2.45, 2.75) is 90.4 Å². The Hall–Kier alpha value is -5.66. The number of carbonyl (C=O) groups excluding carboxylic acids is 4. The molecule has 2 aromatic carbocycles. The summed E-state index contributed by atoms with van der Waals surface area (Å²) < 4.78 is 9.51. The number of benzene rings is 2. The first-order valence-corrected chi connectivity index (χ1v) is 19.6. The normalized spacial score (nSPS) is 17.4. The van der Waals surface area contributed by atoms with Crippen LogP contribution in [0.15, 0.2) is 60.9 Å². The molecule has 14 nitrogen and oxygen atoms in total. The number of methoxy groups -OCH3 is 2. The minimum absolute atomic E-state index is 0.106. The van der Waals surface area contributed by atoms with Gasteiger partial charge in [0.2, 0.25) is 11.8 Å². The number of imidazole rings is 2. The summed E-state index contributed by atoms with van der Waals surface area (Å²) in [5.74, 6) is 1.02. The van der Waals surface area contributed by atoms with Gasteiger partial charge in [-0.2, -0.15) is 0 Å². The number of aromatic amines is 2. The van der Waals surface area contributed by atoms with Crippen molar-refractivity contribution >= 4 is 24.0 Å². The van der Waals surface area contributed by atoms with Crippen LogP contribution in [-0.2, 0) is 19.1 Å². The maximum Gasteiger partial charge on any atom is 0.407 e. The first-order valence-electron chi connectivity index (χ1n) is 19.6. The number of rotatable bonds is 13. The van der Waals surface area contributed by atoms with Gasteiger partial charge in [0.25, 0.3) is 0 Å². The molecule has 1 aliphatic heterocycles. The Morgan fingerprint density at radius 3 is 1.75 bits per heavy atom. The first kappa shape index (κ1) is 40.0. The number of H-pyrrole nitrogens is 2. The fourth-order valence-corrected chi connectivity index (χ4v) is 7.84. The number of aromatic nitrogens is 4. The molecule has 1 saturated heterocycles. The Labute approximate surface area is 327 Å². The van der Waals surface area contributed by atoms with Crippen molar-refractivity contribution in [1.29, 1.82) is 0 Å². The van der Waals surface area contributed by atoms with Crippen LogP contribution in [0.1, 0.15) is 90.0 Å². The average molecular weight is 767 g/mol. The van der Waals surface area contributed by atoms with Gasteiger partial charge in [-0.25, -0.2) is 19.6 Å². The number of amides is 4. The van der Waals surface area contributed by atoms with Crippen LogP contribution in [-0.4, -0.2) is 81.7 Å². The summed E-state index contributed by atoms with van der Waals surface area (Å²) in [4.78, 5) is 69.0. The summed E-state index contributed by atoms with van der Waals surface area (Å²) in [5, 5.41) is 8.56. The Morgan fingerprint density at radius 1 is 0.679 bits per heavy atom. The van der Waals surface area contributed by atoms with E-state index in [4.69, 9.17) is 14.5 Å². The smallest absolute Gasteiger partial charge is 0.407 e. The fourth-order valence-electron chi connectivity index (χ4n) is 7.84. The predicted octanol–water partition coefficient (Wildman–Crippen LogP) is 6.91. The molecule has 0 radical (unpaired) electrons. The highest BCUT2D eigenvalue weighted by Gasteiger charge is 2.38. The standard InChI is InChI=1S/C42H54N8O6/c1-24(2)34(48-41(53)55-5)39(51)47-36(30-10-7-8-11-30)38-44-23-32(46-38)29-19-15-27(16-20-29)26-13-17-28(18-14-26)31-22-43-37(45-31)33-12-9-21-50(33)40(52)35(25(3)4)49-42(54)56-6/h13-20,22-25,30,33-36H,7-12,21H2,1-6H3,(H,43,45)(H,44,46)(H,47,51)(H,48,53)(H,49,54)/t33?,34-,35-,36?/m0/s1. The van der Waals surface area contributed by atoms with Gasteiger partial charge in [-0.3, -0.25) is 9.59 Å². The van der Waals surface area contributed by atoms with Crippen molar-refractivity contribution < 1.29 is 28.7 Å². The zero-order chi connectivity index (χ0) is 39.9. The second kappa shape index (κ2) is 17.9. The Bertz CT molecular complexity index is 1960. The van der Waals surface area contributed by atoms with Gasteiger partial charge in [0.05, 0.1) is 50.1 Å². The van der Waals surface area contributed by atoms with Crippen molar-refractivity contribution in [3.63, 3.8) is 0 Å². The lowest BCUT2D eigenvalue weighted by Gasteiger charge is -2.30. The van der Waals surface area contributed by atoms with Crippen molar-refractivity contribution in [3.05, 3.63) is 72.6 Å². The molecule has 4 aromatic rings. The van der Waals surface area contributed by atoms with Crippen LogP contribution in [0.2, 0.25) is 0 Å². The molecular formula is C42H54N8O6. The molecule has 3 heterocycles. The molecule has 2 fully saturated rings. The fraction of sp³-hybridized carbons (Fsp3) is 0.476. The molecule has 2 unspecified atom stereocenters. The van der Waals surface area contributed by atoms with Crippen molar-refractivity contribution in [3.8, 4) is 33.6 Å².